The quantitative estimate of drug-likeness (QED) is 0.573. The maximum atomic E-state index is 12.6. The van der Waals surface area contributed by atoms with E-state index >= 15 is 0 Å². The molecule has 0 saturated carbocycles. The third-order valence-corrected chi connectivity index (χ3v) is 4.82. The summed E-state index contributed by atoms with van der Waals surface area (Å²) >= 11 is 12.3. The molecule has 1 aliphatic heterocycles. The Kier molecular flexibility index (Phi) is 5.11. The fourth-order valence-electron chi connectivity index (χ4n) is 2.74. The number of nitrogens with zero attached hydrogens (tertiary/aromatic N) is 3. The Hall–Kier alpha value is -2.31. The van der Waals surface area contributed by atoms with E-state index in [2.05, 4.69) is 0 Å². The van der Waals surface area contributed by atoms with Crippen LogP contribution in [0.5, 0.6) is 0 Å². The number of hydrogen-bond donors (Lipinski definition) is 0. The highest BCUT2D eigenvalue weighted by molar-refractivity contribution is 6.36. The van der Waals surface area contributed by atoms with Crippen LogP contribution >= 0.6 is 23.2 Å². The summed E-state index contributed by atoms with van der Waals surface area (Å²) in [7, 11) is 0. The molecule has 0 aromatic heterocycles. The number of halogens is 2. The SMILES string of the molecule is O=C1N(Cc2ccc([N+](=O)[O-])cc2)CCN1Cc1c(Cl)cccc1Cl. The van der Waals surface area contributed by atoms with Crippen molar-refractivity contribution in [2.45, 2.75) is 13.1 Å². The normalized spacial score (nSPS) is 14.2. The van der Waals surface area contributed by atoms with E-state index in [1.807, 2.05) is 0 Å². The third-order valence-electron chi connectivity index (χ3n) is 4.11. The second kappa shape index (κ2) is 7.29. The molecule has 2 aromatic carbocycles. The number of hydrogen-bond acceptors (Lipinski definition) is 3. The first kappa shape index (κ1) is 17.5. The molecule has 6 nitrogen and oxygen atoms in total. The lowest BCUT2D eigenvalue weighted by molar-refractivity contribution is -0.384. The zero-order chi connectivity index (χ0) is 18.0. The third kappa shape index (κ3) is 3.86. The fraction of sp³-hybridized carbons (Fsp3) is 0.235. The molecule has 0 bridgehead atoms. The van der Waals surface area contributed by atoms with Crippen molar-refractivity contribution in [1.82, 2.24) is 9.80 Å². The molecule has 0 unspecified atom stereocenters. The Labute approximate surface area is 154 Å². The summed E-state index contributed by atoms with van der Waals surface area (Å²) in [6.07, 6.45) is 0. The van der Waals surface area contributed by atoms with Crippen LogP contribution in [0.3, 0.4) is 0 Å². The highest BCUT2D eigenvalue weighted by Crippen LogP contribution is 2.27. The average molecular weight is 380 g/mol. The Balaban J connectivity index is 1.66. The second-order valence-corrected chi connectivity index (χ2v) is 6.56. The number of nitro benzene ring substituents is 1. The smallest absolute Gasteiger partial charge is 0.319 e. The minimum Gasteiger partial charge on any atom is -0.319 e. The van der Waals surface area contributed by atoms with E-state index < -0.39 is 4.92 Å². The number of urea groups is 1. The fourth-order valence-corrected chi connectivity index (χ4v) is 3.26. The summed E-state index contributed by atoms with van der Waals surface area (Å²) in [5.74, 6) is 0. The van der Waals surface area contributed by atoms with Crippen molar-refractivity contribution < 1.29 is 9.72 Å². The molecule has 25 heavy (non-hydrogen) atoms. The Bertz CT molecular complexity index is 791. The molecule has 1 heterocycles. The van der Waals surface area contributed by atoms with Crippen LogP contribution in [0.15, 0.2) is 42.5 Å². The molecule has 0 radical (unpaired) electrons. The van der Waals surface area contributed by atoms with E-state index in [0.29, 0.717) is 36.2 Å². The summed E-state index contributed by atoms with van der Waals surface area (Å²) in [5.41, 5.74) is 1.61. The minimum atomic E-state index is -0.445. The van der Waals surface area contributed by atoms with Crippen molar-refractivity contribution in [2.75, 3.05) is 13.1 Å². The zero-order valence-corrected chi connectivity index (χ0v) is 14.7. The van der Waals surface area contributed by atoms with Gasteiger partial charge in [0.05, 0.1) is 11.5 Å². The van der Waals surface area contributed by atoms with Gasteiger partial charge in [0, 0.05) is 47.4 Å². The largest absolute Gasteiger partial charge is 0.320 e. The lowest BCUT2D eigenvalue weighted by Gasteiger charge is -2.19. The summed E-state index contributed by atoms with van der Waals surface area (Å²) in [6, 6.07) is 11.4. The number of carbonyl (C=O) groups excluding carboxylic acids is 1. The van der Waals surface area contributed by atoms with Crippen LogP contribution < -0.4 is 0 Å². The Morgan fingerprint density at radius 3 is 2.08 bits per heavy atom. The first-order chi connectivity index (χ1) is 12.0. The van der Waals surface area contributed by atoms with Gasteiger partial charge in [-0.2, -0.15) is 0 Å². The van der Waals surface area contributed by atoms with Gasteiger partial charge in [-0.3, -0.25) is 10.1 Å². The molecule has 0 spiro atoms. The van der Waals surface area contributed by atoms with Crippen molar-refractivity contribution in [2.24, 2.45) is 0 Å². The van der Waals surface area contributed by atoms with Gasteiger partial charge in [0.1, 0.15) is 0 Å². The predicted molar refractivity (Wildman–Crippen MR) is 95.8 cm³/mol. The maximum Gasteiger partial charge on any atom is 0.320 e. The number of non-ortho nitro benzene ring substituents is 1. The number of rotatable bonds is 5. The molecule has 0 N–H and O–H groups in total. The molecule has 2 amide bonds. The van der Waals surface area contributed by atoms with Gasteiger partial charge in [0.2, 0.25) is 0 Å². The van der Waals surface area contributed by atoms with Gasteiger partial charge in [-0.1, -0.05) is 41.4 Å². The first-order valence-corrected chi connectivity index (χ1v) is 8.41. The van der Waals surface area contributed by atoms with Gasteiger partial charge in [0.25, 0.3) is 5.69 Å². The van der Waals surface area contributed by atoms with Gasteiger partial charge in [-0.05, 0) is 17.7 Å². The van der Waals surface area contributed by atoms with Crippen LogP contribution in [0.2, 0.25) is 10.0 Å². The highest BCUT2D eigenvalue weighted by Gasteiger charge is 2.29. The summed E-state index contributed by atoms with van der Waals surface area (Å²) in [6.45, 7) is 1.92. The molecular weight excluding hydrogens is 365 g/mol. The lowest BCUT2D eigenvalue weighted by atomic mass is 10.2. The topological polar surface area (TPSA) is 66.7 Å². The monoisotopic (exact) mass is 379 g/mol. The lowest BCUT2D eigenvalue weighted by Crippen LogP contribution is -2.31. The van der Waals surface area contributed by atoms with Crippen LogP contribution in [0.1, 0.15) is 11.1 Å². The van der Waals surface area contributed by atoms with Gasteiger partial charge >= 0.3 is 6.03 Å². The molecule has 2 aromatic rings. The molecule has 1 aliphatic rings. The number of benzene rings is 2. The molecule has 1 fully saturated rings. The van der Waals surface area contributed by atoms with Crippen molar-refractivity contribution in [3.63, 3.8) is 0 Å². The van der Waals surface area contributed by atoms with Crippen LogP contribution in [0.4, 0.5) is 10.5 Å². The van der Waals surface area contributed by atoms with Crippen molar-refractivity contribution in [1.29, 1.82) is 0 Å². The van der Waals surface area contributed by atoms with E-state index in [0.717, 1.165) is 11.1 Å². The number of amides is 2. The van der Waals surface area contributed by atoms with Gasteiger partial charge in [0.15, 0.2) is 0 Å². The molecule has 130 valence electrons. The molecular formula is C17H15Cl2N3O3. The first-order valence-electron chi connectivity index (χ1n) is 7.66. The van der Waals surface area contributed by atoms with Gasteiger partial charge < -0.3 is 9.80 Å². The predicted octanol–water partition coefficient (Wildman–Crippen LogP) is 4.34. The number of nitro groups is 1. The standard InChI is InChI=1S/C17H15Cl2N3O3/c18-15-2-1-3-16(19)14(15)11-21-9-8-20(17(21)23)10-12-4-6-13(7-5-12)22(24)25/h1-7H,8-11H2. The molecule has 0 atom stereocenters. The average Bonchev–Trinajstić information content (AvgIpc) is 2.92. The molecule has 1 saturated heterocycles. The van der Waals surface area contributed by atoms with Gasteiger partial charge in [-0.25, -0.2) is 4.79 Å². The van der Waals surface area contributed by atoms with E-state index in [1.54, 1.807) is 40.1 Å². The Morgan fingerprint density at radius 1 is 0.960 bits per heavy atom. The highest BCUT2D eigenvalue weighted by atomic mass is 35.5. The van der Waals surface area contributed by atoms with Crippen LogP contribution in [-0.4, -0.2) is 33.8 Å². The van der Waals surface area contributed by atoms with E-state index in [1.165, 1.54) is 12.1 Å². The summed E-state index contributed by atoms with van der Waals surface area (Å²) < 4.78 is 0. The van der Waals surface area contributed by atoms with E-state index in [9.17, 15) is 14.9 Å². The van der Waals surface area contributed by atoms with Crippen molar-refractivity contribution in [3.05, 3.63) is 73.8 Å². The van der Waals surface area contributed by atoms with Crippen molar-refractivity contribution >= 4 is 34.9 Å². The molecule has 8 heteroatoms. The summed E-state index contributed by atoms with van der Waals surface area (Å²) in [4.78, 5) is 26.2. The zero-order valence-electron chi connectivity index (χ0n) is 13.2. The van der Waals surface area contributed by atoms with E-state index in [-0.39, 0.29) is 11.7 Å². The van der Waals surface area contributed by atoms with Crippen LogP contribution in [0, 0.1) is 10.1 Å². The molecule has 0 aliphatic carbocycles. The van der Waals surface area contributed by atoms with Gasteiger partial charge in [-0.15, -0.1) is 0 Å². The number of carbonyl (C=O) groups is 1. The molecule has 3 rings (SSSR count). The van der Waals surface area contributed by atoms with Crippen LogP contribution in [0.25, 0.3) is 0 Å². The maximum absolute atomic E-state index is 12.6. The minimum absolute atomic E-state index is 0.0338. The van der Waals surface area contributed by atoms with Crippen LogP contribution in [-0.2, 0) is 13.1 Å². The second-order valence-electron chi connectivity index (χ2n) is 5.75. The van der Waals surface area contributed by atoms with E-state index in [4.69, 9.17) is 23.2 Å². The Morgan fingerprint density at radius 2 is 1.52 bits per heavy atom. The summed E-state index contributed by atoms with van der Waals surface area (Å²) in [5, 5.41) is 11.8. The van der Waals surface area contributed by atoms with Crippen molar-refractivity contribution in [3.8, 4) is 0 Å².